The van der Waals surface area contributed by atoms with Gasteiger partial charge in [0.1, 0.15) is 11.5 Å². The van der Waals surface area contributed by atoms with E-state index in [4.69, 9.17) is 4.74 Å². The number of amides is 1. The molecule has 0 aliphatic rings. The Labute approximate surface area is 117 Å². The summed E-state index contributed by atoms with van der Waals surface area (Å²) in [6, 6.07) is 8.64. The minimum Gasteiger partial charge on any atom is -0.478 e. The van der Waals surface area contributed by atoms with Crippen LogP contribution in [0.5, 0.6) is 5.88 Å². The van der Waals surface area contributed by atoms with Crippen molar-refractivity contribution in [2.45, 2.75) is 6.92 Å². The fraction of sp³-hybridized carbons (Fsp3) is 0.214. The highest BCUT2D eigenvalue weighted by molar-refractivity contribution is 6.02. The summed E-state index contributed by atoms with van der Waals surface area (Å²) in [5.74, 6) is 0.885. The topological polar surface area (TPSA) is 76.1 Å². The molecular weight excluding hydrogens is 256 g/mol. The molecule has 0 spiro atoms. The van der Waals surface area contributed by atoms with Gasteiger partial charge in [-0.1, -0.05) is 6.07 Å². The predicted molar refractivity (Wildman–Crippen MR) is 77.1 cm³/mol. The lowest BCUT2D eigenvalue weighted by Crippen LogP contribution is -2.14. The Hall–Kier alpha value is -2.63. The van der Waals surface area contributed by atoms with Crippen LogP contribution in [0.15, 0.2) is 36.5 Å². The maximum absolute atomic E-state index is 12.0. The molecule has 104 valence electrons. The van der Waals surface area contributed by atoms with Gasteiger partial charge in [-0.25, -0.2) is 9.97 Å². The van der Waals surface area contributed by atoms with Crippen molar-refractivity contribution in [1.82, 2.24) is 9.97 Å². The summed E-state index contributed by atoms with van der Waals surface area (Å²) in [6.07, 6.45) is 1.55. The second-order valence-corrected chi connectivity index (χ2v) is 3.93. The fourth-order valence-corrected chi connectivity index (χ4v) is 1.58. The average molecular weight is 272 g/mol. The van der Waals surface area contributed by atoms with Crippen molar-refractivity contribution in [2.75, 3.05) is 24.3 Å². The van der Waals surface area contributed by atoms with Gasteiger partial charge in [-0.15, -0.1) is 0 Å². The highest BCUT2D eigenvalue weighted by Gasteiger charge is 2.08. The lowest BCUT2D eigenvalue weighted by Gasteiger charge is -2.07. The number of pyridine rings is 2. The number of ether oxygens (including phenoxy) is 1. The number of aromatic nitrogens is 2. The molecule has 0 atom stereocenters. The molecule has 0 saturated carbocycles. The summed E-state index contributed by atoms with van der Waals surface area (Å²) in [6.45, 7) is 2.44. The molecule has 6 heteroatoms. The van der Waals surface area contributed by atoms with E-state index in [1.54, 1.807) is 43.6 Å². The van der Waals surface area contributed by atoms with Gasteiger partial charge < -0.3 is 15.4 Å². The first-order valence-electron chi connectivity index (χ1n) is 6.28. The van der Waals surface area contributed by atoms with Crippen LogP contribution >= 0.6 is 0 Å². The van der Waals surface area contributed by atoms with Crippen molar-refractivity contribution in [3.05, 3.63) is 42.2 Å². The van der Waals surface area contributed by atoms with Crippen molar-refractivity contribution in [3.8, 4) is 5.88 Å². The predicted octanol–water partition coefficient (Wildman–Crippen LogP) is 2.17. The number of carbonyl (C=O) groups excluding carboxylic acids is 1. The van der Waals surface area contributed by atoms with Crippen molar-refractivity contribution < 1.29 is 9.53 Å². The van der Waals surface area contributed by atoms with Gasteiger partial charge in [0.05, 0.1) is 18.5 Å². The molecule has 2 heterocycles. The summed E-state index contributed by atoms with van der Waals surface area (Å²) in [5, 5.41) is 5.62. The molecule has 20 heavy (non-hydrogen) atoms. The summed E-state index contributed by atoms with van der Waals surface area (Å²) in [5.41, 5.74) is 0.931. The van der Waals surface area contributed by atoms with Crippen molar-refractivity contribution >= 4 is 17.4 Å². The second kappa shape index (κ2) is 6.51. The van der Waals surface area contributed by atoms with Crippen LogP contribution in [-0.4, -0.2) is 29.5 Å². The van der Waals surface area contributed by atoms with E-state index in [9.17, 15) is 4.79 Å². The van der Waals surface area contributed by atoms with Crippen LogP contribution in [0.1, 0.15) is 17.4 Å². The van der Waals surface area contributed by atoms with E-state index in [1.807, 2.05) is 6.92 Å². The molecule has 0 bridgehead atoms. The zero-order valence-electron chi connectivity index (χ0n) is 11.4. The Morgan fingerprint density at radius 3 is 2.80 bits per heavy atom. The SMILES string of the molecule is CCOc1ccc(NC(=O)c2cccc(NC)n2)cn1. The number of carbonyl (C=O) groups is 1. The molecule has 0 radical (unpaired) electrons. The molecule has 0 aliphatic carbocycles. The third kappa shape index (κ3) is 3.44. The van der Waals surface area contributed by atoms with Gasteiger partial charge in [0.15, 0.2) is 0 Å². The van der Waals surface area contributed by atoms with Gasteiger partial charge in [-0.3, -0.25) is 4.79 Å². The molecule has 2 aromatic rings. The van der Waals surface area contributed by atoms with Gasteiger partial charge >= 0.3 is 0 Å². The minimum absolute atomic E-state index is 0.284. The molecule has 0 aromatic carbocycles. The highest BCUT2D eigenvalue weighted by Crippen LogP contribution is 2.13. The largest absolute Gasteiger partial charge is 0.478 e. The smallest absolute Gasteiger partial charge is 0.274 e. The van der Waals surface area contributed by atoms with E-state index in [0.29, 0.717) is 29.7 Å². The summed E-state index contributed by atoms with van der Waals surface area (Å²) in [7, 11) is 1.75. The standard InChI is InChI=1S/C14H16N4O2/c1-3-20-13-8-7-10(9-16-13)17-14(19)11-5-4-6-12(15-2)18-11/h4-9H,3H2,1-2H3,(H,15,18)(H,17,19). The van der Waals surface area contributed by atoms with Gasteiger partial charge in [0, 0.05) is 13.1 Å². The molecule has 2 rings (SSSR count). The fourth-order valence-electron chi connectivity index (χ4n) is 1.58. The van der Waals surface area contributed by atoms with Crippen LogP contribution in [0.25, 0.3) is 0 Å². The van der Waals surface area contributed by atoms with E-state index >= 15 is 0 Å². The highest BCUT2D eigenvalue weighted by atomic mass is 16.5. The quantitative estimate of drug-likeness (QED) is 0.872. The molecule has 0 fully saturated rings. The lowest BCUT2D eigenvalue weighted by molar-refractivity contribution is 0.102. The number of anilines is 2. The Bertz CT molecular complexity index is 584. The maximum atomic E-state index is 12.0. The van der Waals surface area contributed by atoms with Crippen molar-refractivity contribution in [1.29, 1.82) is 0 Å². The van der Waals surface area contributed by atoms with Gasteiger partial charge in [0.25, 0.3) is 5.91 Å². The number of nitrogens with one attached hydrogen (secondary N) is 2. The molecule has 0 unspecified atom stereocenters. The maximum Gasteiger partial charge on any atom is 0.274 e. The van der Waals surface area contributed by atoms with Crippen LogP contribution in [-0.2, 0) is 0 Å². The number of rotatable bonds is 5. The zero-order chi connectivity index (χ0) is 14.4. The molecule has 0 saturated heterocycles. The van der Waals surface area contributed by atoms with Crippen LogP contribution < -0.4 is 15.4 Å². The molecule has 0 aliphatic heterocycles. The van der Waals surface area contributed by atoms with Gasteiger partial charge in [-0.2, -0.15) is 0 Å². The second-order valence-electron chi connectivity index (χ2n) is 3.93. The molecule has 6 nitrogen and oxygen atoms in total. The normalized spacial score (nSPS) is 9.90. The van der Waals surface area contributed by atoms with Gasteiger partial charge in [0.2, 0.25) is 5.88 Å². The third-order valence-corrected chi connectivity index (χ3v) is 2.52. The monoisotopic (exact) mass is 272 g/mol. The molecule has 2 aromatic heterocycles. The van der Waals surface area contributed by atoms with Crippen LogP contribution in [0.4, 0.5) is 11.5 Å². The average Bonchev–Trinajstić information content (AvgIpc) is 2.49. The Morgan fingerprint density at radius 2 is 2.15 bits per heavy atom. The van der Waals surface area contributed by atoms with E-state index in [0.717, 1.165) is 0 Å². The van der Waals surface area contributed by atoms with Crippen LogP contribution in [0.3, 0.4) is 0 Å². The van der Waals surface area contributed by atoms with Crippen molar-refractivity contribution in [2.24, 2.45) is 0 Å². The number of hydrogen-bond acceptors (Lipinski definition) is 5. The zero-order valence-corrected chi connectivity index (χ0v) is 11.4. The molecule has 1 amide bonds. The van der Waals surface area contributed by atoms with Crippen molar-refractivity contribution in [3.63, 3.8) is 0 Å². The summed E-state index contributed by atoms with van der Waals surface area (Å²) >= 11 is 0. The third-order valence-electron chi connectivity index (χ3n) is 2.52. The number of nitrogens with zero attached hydrogens (tertiary/aromatic N) is 2. The summed E-state index contributed by atoms with van der Waals surface area (Å²) < 4.78 is 5.24. The van der Waals surface area contributed by atoms with E-state index in [-0.39, 0.29) is 5.91 Å². The lowest BCUT2D eigenvalue weighted by atomic mass is 10.3. The number of hydrogen-bond donors (Lipinski definition) is 2. The first-order chi connectivity index (χ1) is 9.72. The van der Waals surface area contributed by atoms with E-state index in [1.165, 1.54) is 0 Å². The minimum atomic E-state index is -0.284. The van der Waals surface area contributed by atoms with Gasteiger partial charge in [-0.05, 0) is 25.1 Å². The van der Waals surface area contributed by atoms with E-state index < -0.39 is 0 Å². The summed E-state index contributed by atoms with van der Waals surface area (Å²) in [4.78, 5) is 20.3. The Balaban J connectivity index is 2.06. The Kier molecular flexibility index (Phi) is 4.49. The van der Waals surface area contributed by atoms with Crippen LogP contribution in [0.2, 0.25) is 0 Å². The van der Waals surface area contributed by atoms with E-state index in [2.05, 4.69) is 20.6 Å². The Morgan fingerprint density at radius 1 is 1.30 bits per heavy atom. The first-order valence-corrected chi connectivity index (χ1v) is 6.28. The van der Waals surface area contributed by atoms with Crippen LogP contribution in [0, 0.1) is 0 Å². The first kappa shape index (κ1) is 13.8. The molecular formula is C14H16N4O2. The molecule has 2 N–H and O–H groups in total.